The largest absolute Gasteiger partial charge is 0.431 e. The number of ether oxygens (including phenoxy) is 2. The quantitative estimate of drug-likeness (QED) is 0.451. The van der Waals surface area contributed by atoms with Gasteiger partial charge in [-0.2, -0.15) is 0 Å². The molecule has 5 aliphatic rings. The summed E-state index contributed by atoms with van der Waals surface area (Å²) in [4.78, 5) is 11.5. The number of fused-ring (bicyclic) bond motifs is 5. The highest BCUT2D eigenvalue weighted by Gasteiger charge is 2.66. The molecule has 0 radical (unpaired) electrons. The molecule has 5 N–H and O–H groups in total. The average Bonchev–Trinajstić information content (AvgIpc) is 3.16. The summed E-state index contributed by atoms with van der Waals surface area (Å²) < 4.78 is 16.9. The van der Waals surface area contributed by atoms with Crippen LogP contribution in [-0.2, 0) is 9.47 Å². The fourth-order valence-electron chi connectivity index (χ4n) is 8.98. The number of hydrogen-bond acceptors (Lipinski definition) is 8. The molecule has 4 aliphatic carbocycles. The van der Waals surface area contributed by atoms with E-state index >= 15 is 0 Å². The predicted molar refractivity (Wildman–Crippen MR) is 135 cm³/mol. The first-order valence-electron chi connectivity index (χ1n) is 14.0. The molecule has 2 heterocycles. The van der Waals surface area contributed by atoms with E-state index in [0.717, 1.165) is 56.9 Å². The monoisotopic (exact) mass is 515 g/mol. The number of aliphatic hydroxyl groups is 3. The minimum atomic E-state index is -1.16. The molecule has 8 heteroatoms. The smallest absolute Gasteiger partial charge is 0.335 e. The van der Waals surface area contributed by atoms with Gasteiger partial charge in [0.1, 0.15) is 12.2 Å². The van der Waals surface area contributed by atoms with E-state index in [1.165, 1.54) is 11.6 Å². The first kappa shape index (κ1) is 25.7. The molecule has 204 valence electrons. The van der Waals surface area contributed by atoms with E-state index in [1.807, 2.05) is 6.07 Å². The Kier molecular flexibility index (Phi) is 6.25. The summed E-state index contributed by atoms with van der Waals surface area (Å²) in [6, 6.07) is 2.76. The third-order valence-corrected chi connectivity index (χ3v) is 11.2. The van der Waals surface area contributed by atoms with Gasteiger partial charge in [0.05, 0.1) is 30.6 Å². The van der Waals surface area contributed by atoms with E-state index < -0.39 is 30.1 Å². The zero-order chi connectivity index (χ0) is 26.2. The van der Waals surface area contributed by atoms with Crippen molar-refractivity contribution in [3.05, 3.63) is 46.0 Å². The second kappa shape index (κ2) is 9.00. The Morgan fingerprint density at radius 2 is 1.84 bits per heavy atom. The third-order valence-electron chi connectivity index (χ3n) is 11.2. The summed E-state index contributed by atoms with van der Waals surface area (Å²) in [5, 5.41) is 32.9. The van der Waals surface area contributed by atoms with Crippen molar-refractivity contribution >= 4 is 0 Å². The van der Waals surface area contributed by atoms with Crippen molar-refractivity contribution in [1.29, 1.82) is 0 Å². The maximum absolute atomic E-state index is 12.4. The first-order valence-corrected chi connectivity index (χ1v) is 14.0. The summed E-state index contributed by atoms with van der Waals surface area (Å²) in [6.45, 7) is 4.77. The van der Waals surface area contributed by atoms with Crippen LogP contribution < -0.4 is 11.4 Å². The topological polar surface area (TPSA) is 135 Å². The third kappa shape index (κ3) is 3.82. The Balaban J connectivity index is 1.21. The van der Waals surface area contributed by atoms with Crippen molar-refractivity contribution in [2.24, 2.45) is 28.4 Å². The number of aliphatic hydroxyl groups excluding tert-OH is 2. The molecule has 0 bridgehead atoms. The zero-order valence-corrected chi connectivity index (χ0v) is 21.8. The lowest BCUT2D eigenvalue weighted by Crippen LogP contribution is -2.60. The fraction of sp³-hybridized carbons (Fsp3) is 0.759. The molecule has 1 saturated heterocycles. The maximum Gasteiger partial charge on any atom is 0.335 e. The summed E-state index contributed by atoms with van der Waals surface area (Å²) in [5.74, 6) is 0.809. The van der Waals surface area contributed by atoms with Crippen LogP contribution in [-0.4, -0.2) is 58.2 Å². The van der Waals surface area contributed by atoms with Crippen LogP contribution in [0.25, 0.3) is 0 Å². The van der Waals surface area contributed by atoms with Crippen molar-refractivity contribution in [1.82, 2.24) is 0 Å². The van der Waals surface area contributed by atoms with E-state index in [9.17, 15) is 20.1 Å². The highest BCUT2D eigenvalue weighted by Crippen LogP contribution is 2.70. The van der Waals surface area contributed by atoms with Crippen LogP contribution in [0.15, 0.2) is 39.3 Å². The molecule has 4 fully saturated rings. The van der Waals surface area contributed by atoms with Crippen LogP contribution >= 0.6 is 0 Å². The van der Waals surface area contributed by atoms with Crippen LogP contribution in [0.4, 0.5) is 0 Å². The molecule has 0 amide bonds. The van der Waals surface area contributed by atoms with E-state index in [1.54, 1.807) is 6.26 Å². The summed E-state index contributed by atoms with van der Waals surface area (Å²) in [6.07, 6.45) is 7.83. The molecule has 37 heavy (non-hydrogen) atoms. The van der Waals surface area contributed by atoms with Gasteiger partial charge in [0.15, 0.2) is 6.29 Å². The highest BCUT2D eigenvalue weighted by molar-refractivity contribution is 5.31. The van der Waals surface area contributed by atoms with E-state index in [2.05, 4.69) is 19.9 Å². The van der Waals surface area contributed by atoms with Crippen molar-refractivity contribution < 1.29 is 29.2 Å². The Hall–Kier alpha value is -1.55. The zero-order valence-electron chi connectivity index (χ0n) is 21.8. The molecule has 1 aromatic rings. The second-order valence-corrected chi connectivity index (χ2v) is 12.8. The molecule has 1 aromatic heterocycles. The highest BCUT2D eigenvalue weighted by atomic mass is 16.7. The average molecular weight is 516 g/mol. The standard InChI is InChI=1S/C29H41NO7/c1-27-10-7-18(37-26-25(33)24(32)22(30)15-36-26)13-17(27)4-5-21-20(27)8-11-28(2)19(9-12-29(21,28)34)16-3-6-23(31)35-14-16/h3,6,13-14,18-22,24-26,32-34H,4-5,7-12,15,30H2,1-2H3. The molecule has 0 spiro atoms. The van der Waals surface area contributed by atoms with Gasteiger partial charge in [-0.3, -0.25) is 0 Å². The van der Waals surface area contributed by atoms with Crippen LogP contribution in [0.1, 0.15) is 76.7 Å². The minimum Gasteiger partial charge on any atom is -0.431 e. The molecule has 1 aliphatic heterocycles. The molecule has 11 atom stereocenters. The molecule has 0 aromatic carbocycles. The molecule has 6 rings (SSSR count). The lowest BCUT2D eigenvalue weighted by atomic mass is 9.45. The Labute approximate surface area is 217 Å². The van der Waals surface area contributed by atoms with Crippen molar-refractivity contribution in [3.63, 3.8) is 0 Å². The molecular weight excluding hydrogens is 474 g/mol. The number of nitrogens with two attached hydrogens (primary N) is 1. The maximum atomic E-state index is 12.4. The lowest BCUT2D eigenvalue weighted by Gasteiger charge is -2.62. The summed E-state index contributed by atoms with van der Waals surface area (Å²) >= 11 is 0. The SMILES string of the molecule is CC12CCC(OC3OCC(N)C(O)C3O)C=C1CCC1C2CCC2(C)C(c3ccc(=O)oc3)CCC12O. The van der Waals surface area contributed by atoms with Gasteiger partial charge in [0.25, 0.3) is 0 Å². The van der Waals surface area contributed by atoms with Gasteiger partial charge < -0.3 is 34.9 Å². The van der Waals surface area contributed by atoms with Crippen LogP contribution in [0, 0.1) is 22.7 Å². The summed E-state index contributed by atoms with van der Waals surface area (Å²) in [5.41, 5.74) is 6.88. The van der Waals surface area contributed by atoms with Crippen molar-refractivity contribution in [2.75, 3.05) is 6.61 Å². The van der Waals surface area contributed by atoms with Gasteiger partial charge in [-0.1, -0.05) is 25.5 Å². The fourth-order valence-corrected chi connectivity index (χ4v) is 8.98. The normalized spacial score (nSPS) is 49.5. The van der Waals surface area contributed by atoms with Gasteiger partial charge in [0, 0.05) is 11.5 Å². The van der Waals surface area contributed by atoms with E-state index in [0.29, 0.717) is 5.92 Å². The Morgan fingerprint density at radius 1 is 1.03 bits per heavy atom. The van der Waals surface area contributed by atoms with Crippen molar-refractivity contribution in [3.8, 4) is 0 Å². The van der Waals surface area contributed by atoms with Gasteiger partial charge in [-0.05, 0) is 86.2 Å². The molecular formula is C29H41NO7. The Bertz CT molecular complexity index is 1100. The number of rotatable bonds is 3. The summed E-state index contributed by atoms with van der Waals surface area (Å²) in [7, 11) is 0. The first-order chi connectivity index (χ1) is 17.6. The number of hydrogen-bond donors (Lipinski definition) is 4. The van der Waals surface area contributed by atoms with E-state index in [-0.39, 0.29) is 41.0 Å². The Morgan fingerprint density at radius 3 is 2.59 bits per heavy atom. The minimum absolute atomic E-state index is 0.00533. The van der Waals surface area contributed by atoms with Crippen LogP contribution in [0.2, 0.25) is 0 Å². The molecule has 11 unspecified atom stereocenters. The lowest BCUT2D eigenvalue weighted by molar-refractivity contribution is -0.259. The number of allylic oxidation sites excluding steroid dienone is 1. The van der Waals surface area contributed by atoms with Crippen LogP contribution in [0.3, 0.4) is 0 Å². The van der Waals surface area contributed by atoms with Gasteiger partial charge in [-0.15, -0.1) is 0 Å². The molecule has 8 nitrogen and oxygen atoms in total. The van der Waals surface area contributed by atoms with Gasteiger partial charge in [-0.25, -0.2) is 4.79 Å². The molecule has 3 saturated carbocycles. The van der Waals surface area contributed by atoms with E-state index in [4.69, 9.17) is 19.6 Å². The van der Waals surface area contributed by atoms with Crippen LogP contribution in [0.5, 0.6) is 0 Å². The van der Waals surface area contributed by atoms with Gasteiger partial charge in [0.2, 0.25) is 0 Å². The second-order valence-electron chi connectivity index (χ2n) is 12.8. The predicted octanol–water partition coefficient (Wildman–Crippen LogP) is 2.59. The van der Waals surface area contributed by atoms with Gasteiger partial charge >= 0.3 is 5.63 Å². The van der Waals surface area contributed by atoms with Crippen molar-refractivity contribution in [2.45, 2.75) is 107 Å².